The number of hydrogen-bond donors (Lipinski definition) is 1. The Labute approximate surface area is 172 Å². The van der Waals surface area contributed by atoms with Crippen molar-refractivity contribution in [2.45, 2.75) is 0 Å². The zero-order chi connectivity index (χ0) is 21.1. The number of nitrogens with one attached hydrogen (secondary N) is 1. The number of fused-ring (bicyclic) bond motifs is 1. The molecule has 0 radical (unpaired) electrons. The molecule has 1 amide bonds. The van der Waals surface area contributed by atoms with Gasteiger partial charge in [0.15, 0.2) is 0 Å². The molecular formula is C23H17N3O4. The highest BCUT2D eigenvalue weighted by Crippen LogP contribution is 2.28. The molecule has 0 saturated carbocycles. The molecule has 1 aromatic heterocycles. The standard InChI is InChI=1S/C23H17N3O4/c1-30-16-12-10-15(11-13-16)21-14-18(17-6-2-3-7-19(17)24-21)23(27)25-20-8-4-5-9-22(20)26(28)29/h2-14H,1H3,(H,25,27). The van der Waals surface area contributed by atoms with Gasteiger partial charge in [-0.05, 0) is 42.5 Å². The number of aromatic nitrogens is 1. The van der Waals surface area contributed by atoms with Gasteiger partial charge in [0.1, 0.15) is 11.4 Å². The van der Waals surface area contributed by atoms with Gasteiger partial charge in [-0.1, -0.05) is 30.3 Å². The number of carbonyl (C=O) groups is 1. The maximum atomic E-state index is 13.1. The minimum Gasteiger partial charge on any atom is -0.497 e. The van der Waals surface area contributed by atoms with Gasteiger partial charge in [0, 0.05) is 17.0 Å². The highest BCUT2D eigenvalue weighted by molar-refractivity contribution is 6.13. The number of rotatable bonds is 5. The second kappa shape index (κ2) is 8.00. The van der Waals surface area contributed by atoms with Gasteiger partial charge in [0.25, 0.3) is 11.6 Å². The van der Waals surface area contributed by atoms with Crippen molar-refractivity contribution in [3.63, 3.8) is 0 Å². The van der Waals surface area contributed by atoms with Crippen LogP contribution in [-0.4, -0.2) is 22.9 Å². The Morgan fingerprint density at radius 1 is 1.00 bits per heavy atom. The molecule has 0 atom stereocenters. The molecule has 30 heavy (non-hydrogen) atoms. The average molecular weight is 399 g/mol. The van der Waals surface area contributed by atoms with Gasteiger partial charge in [-0.3, -0.25) is 14.9 Å². The van der Waals surface area contributed by atoms with E-state index in [1.54, 1.807) is 31.4 Å². The quantitative estimate of drug-likeness (QED) is 0.373. The summed E-state index contributed by atoms with van der Waals surface area (Å²) in [5.41, 5.74) is 2.44. The summed E-state index contributed by atoms with van der Waals surface area (Å²) in [7, 11) is 1.59. The molecule has 0 aliphatic heterocycles. The molecule has 4 aromatic rings. The van der Waals surface area contributed by atoms with E-state index in [-0.39, 0.29) is 11.4 Å². The Morgan fingerprint density at radius 3 is 2.43 bits per heavy atom. The highest BCUT2D eigenvalue weighted by Gasteiger charge is 2.18. The third-order valence-corrected chi connectivity index (χ3v) is 4.70. The SMILES string of the molecule is COc1ccc(-c2cc(C(=O)Nc3ccccc3[N+](=O)[O-])c3ccccc3n2)cc1. The van der Waals surface area contributed by atoms with Crippen LogP contribution in [0.2, 0.25) is 0 Å². The lowest BCUT2D eigenvalue weighted by atomic mass is 10.0. The van der Waals surface area contributed by atoms with Crippen molar-refractivity contribution in [3.05, 3.63) is 94.5 Å². The molecule has 0 unspecified atom stereocenters. The zero-order valence-corrected chi connectivity index (χ0v) is 16.0. The number of carbonyl (C=O) groups excluding carboxylic acids is 1. The molecular weight excluding hydrogens is 382 g/mol. The molecule has 3 aromatic carbocycles. The molecule has 148 valence electrons. The fourth-order valence-corrected chi connectivity index (χ4v) is 3.20. The van der Waals surface area contributed by atoms with E-state index in [1.165, 1.54) is 12.1 Å². The van der Waals surface area contributed by atoms with Crippen molar-refractivity contribution >= 4 is 28.2 Å². The highest BCUT2D eigenvalue weighted by atomic mass is 16.6. The number of nitro groups is 1. The topological polar surface area (TPSA) is 94.4 Å². The van der Waals surface area contributed by atoms with Crippen LogP contribution in [0.4, 0.5) is 11.4 Å². The molecule has 1 heterocycles. The fraction of sp³-hybridized carbons (Fsp3) is 0.0435. The molecule has 4 rings (SSSR count). The van der Waals surface area contributed by atoms with Crippen LogP contribution < -0.4 is 10.1 Å². The molecule has 7 heteroatoms. The fourth-order valence-electron chi connectivity index (χ4n) is 3.20. The first-order valence-corrected chi connectivity index (χ1v) is 9.16. The number of benzene rings is 3. The van der Waals surface area contributed by atoms with Crippen LogP contribution in [0.1, 0.15) is 10.4 Å². The van der Waals surface area contributed by atoms with E-state index < -0.39 is 10.8 Å². The second-order valence-electron chi connectivity index (χ2n) is 6.53. The first-order chi connectivity index (χ1) is 14.6. The molecule has 0 spiro atoms. The summed E-state index contributed by atoms with van der Waals surface area (Å²) in [5, 5.41) is 14.6. The lowest BCUT2D eigenvalue weighted by molar-refractivity contribution is -0.383. The van der Waals surface area contributed by atoms with Crippen molar-refractivity contribution in [1.29, 1.82) is 0 Å². The predicted molar refractivity (Wildman–Crippen MR) is 115 cm³/mol. The van der Waals surface area contributed by atoms with Gasteiger partial charge in [-0.15, -0.1) is 0 Å². The monoisotopic (exact) mass is 399 g/mol. The number of anilines is 1. The van der Waals surface area contributed by atoms with E-state index >= 15 is 0 Å². The largest absolute Gasteiger partial charge is 0.497 e. The number of methoxy groups -OCH3 is 1. The summed E-state index contributed by atoms with van der Waals surface area (Å²) in [5.74, 6) is 0.270. The zero-order valence-electron chi connectivity index (χ0n) is 16.0. The summed E-state index contributed by atoms with van der Waals surface area (Å²) in [4.78, 5) is 28.5. The molecule has 1 N–H and O–H groups in total. The van der Waals surface area contributed by atoms with Crippen molar-refractivity contribution < 1.29 is 14.5 Å². The van der Waals surface area contributed by atoms with Gasteiger partial charge in [-0.25, -0.2) is 4.98 Å². The van der Waals surface area contributed by atoms with E-state index in [0.29, 0.717) is 27.9 Å². The normalized spacial score (nSPS) is 10.6. The molecule has 0 aliphatic carbocycles. The Morgan fingerprint density at radius 2 is 1.70 bits per heavy atom. The van der Waals surface area contributed by atoms with E-state index in [9.17, 15) is 14.9 Å². The van der Waals surface area contributed by atoms with Gasteiger partial charge in [0.2, 0.25) is 0 Å². The van der Waals surface area contributed by atoms with Crippen LogP contribution in [0, 0.1) is 10.1 Å². The van der Waals surface area contributed by atoms with Crippen molar-refractivity contribution in [2.75, 3.05) is 12.4 Å². The predicted octanol–water partition coefficient (Wildman–Crippen LogP) is 5.07. The number of nitro benzene ring substituents is 1. The first-order valence-electron chi connectivity index (χ1n) is 9.16. The molecule has 0 fully saturated rings. The van der Waals surface area contributed by atoms with Crippen LogP contribution in [0.15, 0.2) is 78.9 Å². The molecule has 7 nitrogen and oxygen atoms in total. The van der Waals surface area contributed by atoms with Crippen molar-refractivity contribution in [1.82, 2.24) is 4.98 Å². The van der Waals surface area contributed by atoms with Crippen LogP contribution in [0.25, 0.3) is 22.2 Å². The molecule has 0 bridgehead atoms. The Hall–Kier alpha value is -4.26. The van der Waals surface area contributed by atoms with Gasteiger partial charge in [-0.2, -0.15) is 0 Å². The van der Waals surface area contributed by atoms with Crippen LogP contribution in [0.5, 0.6) is 5.75 Å². The smallest absolute Gasteiger partial charge is 0.292 e. The number of ether oxygens (including phenoxy) is 1. The molecule has 0 saturated heterocycles. The number of amides is 1. The summed E-state index contributed by atoms with van der Waals surface area (Å²) in [6.45, 7) is 0. The maximum Gasteiger partial charge on any atom is 0.292 e. The summed E-state index contributed by atoms with van der Waals surface area (Å²) in [6, 6.07) is 22.4. The summed E-state index contributed by atoms with van der Waals surface area (Å²) in [6.07, 6.45) is 0. The Balaban J connectivity index is 1.79. The van der Waals surface area contributed by atoms with Gasteiger partial charge < -0.3 is 10.1 Å². The van der Waals surface area contributed by atoms with E-state index in [2.05, 4.69) is 10.3 Å². The number of nitrogens with zero attached hydrogens (tertiary/aromatic N) is 2. The minimum atomic E-state index is -0.525. The Bertz CT molecular complexity index is 1250. The summed E-state index contributed by atoms with van der Waals surface area (Å²) < 4.78 is 5.19. The first kappa shape index (κ1) is 19.1. The van der Waals surface area contributed by atoms with E-state index in [1.807, 2.05) is 42.5 Å². The van der Waals surface area contributed by atoms with E-state index in [4.69, 9.17) is 4.74 Å². The van der Waals surface area contributed by atoms with Crippen molar-refractivity contribution in [3.8, 4) is 17.0 Å². The lowest BCUT2D eigenvalue weighted by Crippen LogP contribution is -2.14. The lowest BCUT2D eigenvalue weighted by Gasteiger charge is -2.11. The number of para-hydroxylation sites is 3. The minimum absolute atomic E-state index is 0.138. The number of pyridine rings is 1. The molecule has 0 aliphatic rings. The summed E-state index contributed by atoms with van der Waals surface area (Å²) >= 11 is 0. The van der Waals surface area contributed by atoms with Crippen LogP contribution >= 0.6 is 0 Å². The van der Waals surface area contributed by atoms with Crippen LogP contribution in [-0.2, 0) is 0 Å². The van der Waals surface area contributed by atoms with Crippen LogP contribution in [0.3, 0.4) is 0 Å². The Kier molecular flexibility index (Phi) is 5.09. The number of hydrogen-bond acceptors (Lipinski definition) is 5. The van der Waals surface area contributed by atoms with Gasteiger partial charge >= 0.3 is 0 Å². The van der Waals surface area contributed by atoms with Gasteiger partial charge in [0.05, 0.1) is 28.8 Å². The third-order valence-electron chi connectivity index (χ3n) is 4.70. The second-order valence-corrected chi connectivity index (χ2v) is 6.53. The average Bonchev–Trinajstić information content (AvgIpc) is 2.78. The maximum absolute atomic E-state index is 13.1. The van der Waals surface area contributed by atoms with Crippen molar-refractivity contribution in [2.24, 2.45) is 0 Å². The van der Waals surface area contributed by atoms with E-state index in [0.717, 1.165) is 5.56 Å². The third kappa shape index (κ3) is 3.68.